The molecule has 0 aliphatic rings. The van der Waals surface area contributed by atoms with E-state index in [9.17, 15) is 5.26 Å². The van der Waals surface area contributed by atoms with E-state index in [1.54, 1.807) is 0 Å². The highest BCUT2D eigenvalue weighted by atomic mass is 14.9. The molecule has 0 unspecified atom stereocenters. The zero-order valence-electron chi connectivity index (χ0n) is 27.1. The second kappa shape index (κ2) is 12.3. The van der Waals surface area contributed by atoms with Crippen molar-refractivity contribution in [3.63, 3.8) is 0 Å². The van der Waals surface area contributed by atoms with Crippen LogP contribution in [-0.2, 0) is 0 Å². The van der Waals surface area contributed by atoms with Crippen molar-refractivity contribution >= 4 is 32.3 Å². The van der Waals surface area contributed by atoms with Crippen molar-refractivity contribution in [1.82, 2.24) is 9.97 Å². The second-order valence-corrected chi connectivity index (χ2v) is 12.5. The highest BCUT2D eigenvalue weighted by Crippen LogP contribution is 2.43. The van der Waals surface area contributed by atoms with Crippen LogP contribution >= 0.6 is 0 Å². The monoisotopic (exact) mass is 635 g/mol. The minimum atomic E-state index is 0.632. The molecule has 9 aromatic rings. The summed E-state index contributed by atoms with van der Waals surface area (Å²) in [6.45, 7) is 0. The first kappa shape index (κ1) is 29.3. The molecule has 0 radical (unpaired) electrons. The lowest BCUT2D eigenvalue weighted by Gasteiger charge is -2.18. The molecule has 1 aromatic heterocycles. The molecule has 232 valence electrons. The van der Waals surface area contributed by atoms with E-state index in [1.807, 2.05) is 54.6 Å². The molecule has 0 bridgehead atoms. The van der Waals surface area contributed by atoms with Crippen LogP contribution in [0.2, 0.25) is 0 Å². The molecule has 0 N–H and O–H groups in total. The van der Waals surface area contributed by atoms with E-state index in [0.717, 1.165) is 44.8 Å². The predicted molar refractivity (Wildman–Crippen MR) is 206 cm³/mol. The molecule has 0 aliphatic carbocycles. The summed E-state index contributed by atoms with van der Waals surface area (Å²) in [7, 11) is 0. The number of rotatable bonds is 5. The van der Waals surface area contributed by atoms with Crippen molar-refractivity contribution < 1.29 is 0 Å². The fourth-order valence-electron chi connectivity index (χ4n) is 7.16. The van der Waals surface area contributed by atoms with Gasteiger partial charge in [-0.1, -0.05) is 152 Å². The van der Waals surface area contributed by atoms with Crippen molar-refractivity contribution in [3.8, 4) is 62.2 Å². The first-order valence-electron chi connectivity index (χ1n) is 16.7. The van der Waals surface area contributed by atoms with Crippen molar-refractivity contribution in [3.05, 3.63) is 181 Å². The molecule has 9 rings (SSSR count). The average molecular weight is 636 g/mol. The van der Waals surface area contributed by atoms with Gasteiger partial charge in [-0.2, -0.15) is 5.26 Å². The average Bonchev–Trinajstić information content (AvgIpc) is 3.20. The van der Waals surface area contributed by atoms with Crippen LogP contribution in [0.25, 0.3) is 88.5 Å². The van der Waals surface area contributed by atoms with Crippen molar-refractivity contribution in [2.45, 2.75) is 0 Å². The minimum absolute atomic E-state index is 0.632. The third-order valence-corrected chi connectivity index (χ3v) is 9.53. The molecule has 0 spiro atoms. The Labute approximate surface area is 290 Å². The van der Waals surface area contributed by atoms with Crippen molar-refractivity contribution in [1.29, 1.82) is 5.26 Å². The summed E-state index contributed by atoms with van der Waals surface area (Å²) < 4.78 is 0. The zero-order valence-corrected chi connectivity index (χ0v) is 27.1. The van der Waals surface area contributed by atoms with E-state index in [4.69, 9.17) is 9.97 Å². The molecular weight excluding hydrogens is 607 g/mol. The van der Waals surface area contributed by atoms with Crippen LogP contribution < -0.4 is 0 Å². The van der Waals surface area contributed by atoms with Crippen LogP contribution in [0.5, 0.6) is 0 Å². The van der Waals surface area contributed by atoms with E-state index >= 15 is 0 Å². The molecule has 0 aliphatic heterocycles. The Morgan fingerprint density at radius 3 is 1.68 bits per heavy atom. The topological polar surface area (TPSA) is 49.6 Å². The number of hydrogen-bond donors (Lipinski definition) is 0. The van der Waals surface area contributed by atoms with Crippen LogP contribution in [0.3, 0.4) is 0 Å². The maximum Gasteiger partial charge on any atom is 0.160 e. The molecule has 8 aromatic carbocycles. The molecule has 0 fully saturated rings. The minimum Gasteiger partial charge on any atom is -0.228 e. The molecule has 0 saturated carbocycles. The normalized spacial score (nSPS) is 11.2. The molecule has 3 nitrogen and oxygen atoms in total. The van der Waals surface area contributed by atoms with Gasteiger partial charge in [0.05, 0.1) is 23.0 Å². The van der Waals surface area contributed by atoms with Crippen LogP contribution in [0.15, 0.2) is 176 Å². The predicted octanol–water partition coefficient (Wildman–Crippen LogP) is 12.1. The Morgan fingerprint density at radius 2 is 0.960 bits per heavy atom. The molecule has 0 atom stereocenters. The highest BCUT2D eigenvalue weighted by molar-refractivity contribution is 6.21. The lowest BCUT2D eigenvalue weighted by Crippen LogP contribution is -1.98. The van der Waals surface area contributed by atoms with Crippen LogP contribution in [-0.4, -0.2) is 9.97 Å². The molecule has 0 amide bonds. The number of aromatic nitrogens is 2. The van der Waals surface area contributed by atoms with Gasteiger partial charge in [-0.3, -0.25) is 0 Å². The van der Waals surface area contributed by atoms with E-state index in [-0.39, 0.29) is 0 Å². The Bertz CT molecular complexity index is 2760. The fraction of sp³-hybridized carbons (Fsp3) is 0. The van der Waals surface area contributed by atoms with Gasteiger partial charge in [-0.05, 0) is 78.8 Å². The lowest BCUT2D eigenvalue weighted by atomic mass is 9.87. The summed E-state index contributed by atoms with van der Waals surface area (Å²) in [5.74, 6) is 0.663. The summed E-state index contributed by atoms with van der Waals surface area (Å²) >= 11 is 0. The number of nitrogens with zero attached hydrogens (tertiary/aromatic N) is 3. The Morgan fingerprint density at radius 1 is 0.380 bits per heavy atom. The highest BCUT2D eigenvalue weighted by Gasteiger charge is 2.19. The first-order chi connectivity index (χ1) is 24.7. The van der Waals surface area contributed by atoms with Gasteiger partial charge in [-0.25, -0.2) is 9.97 Å². The quantitative estimate of drug-likeness (QED) is 0.140. The smallest absolute Gasteiger partial charge is 0.160 e. The van der Waals surface area contributed by atoms with E-state index in [1.165, 1.54) is 37.9 Å². The van der Waals surface area contributed by atoms with Gasteiger partial charge >= 0.3 is 0 Å². The van der Waals surface area contributed by atoms with Crippen molar-refractivity contribution in [2.24, 2.45) is 0 Å². The Kier molecular flexibility index (Phi) is 7.19. The van der Waals surface area contributed by atoms with Gasteiger partial charge in [0.1, 0.15) is 0 Å². The second-order valence-electron chi connectivity index (χ2n) is 12.5. The third-order valence-electron chi connectivity index (χ3n) is 9.53. The Balaban J connectivity index is 1.32. The maximum absolute atomic E-state index is 9.41. The zero-order chi connectivity index (χ0) is 33.4. The first-order valence-corrected chi connectivity index (χ1v) is 16.7. The number of hydrogen-bond acceptors (Lipinski definition) is 3. The van der Waals surface area contributed by atoms with Gasteiger partial charge in [-0.15, -0.1) is 0 Å². The number of fused-ring (bicyclic) bond motifs is 4. The van der Waals surface area contributed by atoms with Crippen LogP contribution in [0, 0.1) is 11.3 Å². The van der Waals surface area contributed by atoms with Gasteiger partial charge in [0, 0.05) is 16.7 Å². The molecule has 50 heavy (non-hydrogen) atoms. The summed E-state index contributed by atoms with van der Waals surface area (Å²) in [6, 6.07) is 63.3. The Hall–Kier alpha value is -6.89. The maximum atomic E-state index is 9.41. The molecule has 0 saturated heterocycles. The van der Waals surface area contributed by atoms with E-state index in [0.29, 0.717) is 11.4 Å². The summed E-state index contributed by atoms with van der Waals surface area (Å²) in [5.41, 5.74) is 9.67. The number of benzene rings is 8. The third kappa shape index (κ3) is 5.08. The summed E-state index contributed by atoms with van der Waals surface area (Å²) in [6.07, 6.45) is 0. The van der Waals surface area contributed by atoms with Gasteiger partial charge in [0.15, 0.2) is 5.82 Å². The van der Waals surface area contributed by atoms with E-state index < -0.39 is 0 Å². The van der Waals surface area contributed by atoms with Crippen LogP contribution in [0.4, 0.5) is 0 Å². The molecular formula is C47H29N3. The van der Waals surface area contributed by atoms with Crippen molar-refractivity contribution in [2.75, 3.05) is 0 Å². The summed E-state index contributed by atoms with van der Waals surface area (Å²) in [4.78, 5) is 10.5. The lowest BCUT2D eigenvalue weighted by molar-refractivity contribution is 1.18. The molecule has 3 heteroatoms. The largest absolute Gasteiger partial charge is 0.228 e. The standard InChI is InChI=1S/C47H29N3/c48-30-31-22-24-33(25-23-31)36-16-8-9-19-39(36)44-29-45(50-47(49-44)34-13-2-1-3-14-34)40-20-10-11-21-41(40)46-38-18-7-5-15-35(38)28-43-37-17-6-4-12-32(37)26-27-42(43)46/h1-29H. The molecule has 1 heterocycles. The van der Waals surface area contributed by atoms with Crippen LogP contribution in [0.1, 0.15) is 5.56 Å². The number of nitriles is 1. The fourth-order valence-corrected chi connectivity index (χ4v) is 7.16. The SMILES string of the molecule is N#Cc1ccc(-c2ccccc2-c2cc(-c3ccccc3-c3c4ccccc4cc4c3ccc3ccccc34)nc(-c3ccccc3)n2)cc1. The van der Waals surface area contributed by atoms with Gasteiger partial charge in [0.25, 0.3) is 0 Å². The van der Waals surface area contributed by atoms with Gasteiger partial charge in [0.2, 0.25) is 0 Å². The van der Waals surface area contributed by atoms with E-state index in [2.05, 4.69) is 127 Å². The summed E-state index contributed by atoms with van der Waals surface area (Å²) in [5, 5.41) is 16.7. The van der Waals surface area contributed by atoms with Gasteiger partial charge < -0.3 is 0 Å².